The maximum atomic E-state index is 13.0. The number of pyridine rings is 1. The Morgan fingerprint density at radius 1 is 0.889 bits per heavy atom. The molecule has 2 nitrogen and oxygen atoms in total. The predicted molar refractivity (Wildman–Crippen MR) is 130 cm³/mol. The molecule has 3 aromatic rings. The number of halogens is 6. The number of aliphatic hydroxyl groups is 1. The van der Waals surface area contributed by atoms with Crippen molar-refractivity contribution in [2.75, 3.05) is 0 Å². The molecule has 1 saturated carbocycles. The summed E-state index contributed by atoms with van der Waals surface area (Å²) in [5, 5.41) is 9.69. The van der Waals surface area contributed by atoms with Crippen LogP contribution in [0.5, 0.6) is 0 Å². The van der Waals surface area contributed by atoms with Gasteiger partial charge < -0.3 is 5.11 Å². The second-order valence-electron chi connectivity index (χ2n) is 9.12. The summed E-state index contributed by atoms with van der Waals surface area (Å²) in [4.78, 5) is 3.13. The van der Waals surface area contributed by atoms with E-state index in [0.717, 1.165) is 12.0 Å². The molecule has 0 spiro atoms. The van der Waals surface area contributed by atoms with Crippen molar-refractivity contribution in [3.63, 3.8) is 0 Å². The van der Waals surface area contributed by atoms with Gasteiger partial charge in [0.1, 0.15) is 5.69 Å². The number of rotatable bonds is 2. The fourth-order valence-electron chi connectivity index (χ4n) is 3.99. The summed E-state index contributed by atoms with van der Waals surface area (Å²) < 4.78 is 77.5. The van der Waals surface area contributed by atoms with Crippen molar-refractivity contribution in [3.8, 4) is 0 Å². The largest absolute Gasteiger partial charge is 0.433 e. The highest BCUT2D eigenvalue weighted by Gasteiger charge is 2.37. The smallest absolute Gasteiger partial charge is 0.388 e. The van der Waals surface area contributed by atoms with E-state index in [0.29, 0.717) is 12.1 Å². The zero-order chi connectivity index (χ0) is 26.9. The van der Waals surface area contributed by atoms with Crippen LogP contribution in [0.25, 0.3) is 10.9 Å². The monoisotopic (exact) mass is 513 g/mol. The third-order valence-corrected chi connectivity index (χ3v) is 6.05. The van der Waals surface area contributed by atoms with Crippen molar-refractivity contribution >= 4 is 10.9 Å². The zero-order valence-electron chi connectivity index (χ0n) is 20.8. The molecule has 36 heavy (non-hydrogen) atoms. The number of fused-ring (bicyclic) bond motifs is 1. The third-order valence-electron chi connectivity index (χ3n) is 6.05. The van der Waals surface area contributed by atoms with Crippen LogP contribution in [-0.2, 0) is 12.4 Å². The summed E-state index contributed by atoms with van der Waals surface area (Å²) >= 11 is 0. The lowest BCUT2D eigenvalue weighted by Crippen LogP contribution is -2.13. The summed E-state index contributed by atoms with van der Waals surface area (Å²) in [7, 11) is 0. The number of aromatic nitrogens is 1. The van der Waals surface area contributed by atoms with E-state index in [2.05, 4.69) is 31.0 Å². The lowest BCUT2D eigenvalue weighted by Gasteiger charge is -2.17. The first-order chi connectivity index (χ1) is 16.8. The van der Waals surface area contributed by atoms with Crippen molar-refractivity contribution in [1.82, 2.24) is 4.98 Å². The number of alkyl halides is 6. The average Bonchev–Trinajstić information content (AvgIpc) is 2.83. The number of hydrogen-bond acceptors (Lipinski definition) is 2. The van der Waals surface area contributed by atoms with Crippen molar-refractivity contribution in [3.05, 3.63) is 77.0 Å². The summed E-state index contributed by atoms with van der Waals surface area (Å²) in [5.74, 6) is 1.04. The molecular formula is C28H33F6NO. The molecule has 4 rings (SSSR count). The van der Waals surface area contributed by atoms with Gasteiger partial charge in [0.25, 0.3) is 0 Å². The summed E-state index contributed by atoms with van der Waals surface area (Å²) in [6.45, 7) is 5.96. The standard InChI is InChI=1S/C14H11F6NO.C7H14.C7H8/c1-2-10(22)8-6-11(14(18,19)20)21-12-7(8)4-3-5-9(12)13(15,16)17;2*1-7-5-3-2-4-6-7/h3-6,10,22H,2H2,1H3;7H,2-6H2,1H3;2-6H,1H3. The molecule has 1 heterocycles. The summed E-state index contributed by atoms with van der Waals surface area (Å²) in [6, 6.07) is 13.8. The van der Waals surface area contributed by atoms with Gasteiger partial charge in [0.2, 0.25) is 0 Å². The number of nitrogens with zero attached hydrogens (tertiary/aromatic N) is 1. The molecule has 0 amide bonds. The number of aryl methyl sites for hydroxylation is 1. The van der Waals surface area contributed by atoms with Gasteiger partial charge in [0.05, 0.1) is 17.2 Å². The van der Waals surface area contributed by atoms with Crippen LogP contribution in [0.15, 0.2) is 54.6 Å². The topological polar surface area (TPSA) is 33.1 Å². The second kappa shape index (κ2) is 13.1. The molecule has 1 aliphatic carbocycles. The van der Waals surface area contributed by atoms with Gasteiger partial charge in [-0.15, -0.1) is 0 Å². The van der Waals surface area contributed by atoms with E-state index < -0.39 is 35.2 Å². The average molecular weight is 514 g/mol. The minimum atomic E-state index is -4.91. The van der Waals surface area contributed by atoms with Crippen LogP contribution < -0.4 is 0 Å². The van der Waals surface area contributed by atoms with Crippen LogP contribution in [0.3, 0.4) is 0 Å². The highest BCUT2D eigenvalue weighted by atomic mass is 19.4. The molecule has 0 radical (unpaired) electrons. The molecule has 1 aliphatic rings. The molecule has 1 N–H and O–H groups in total. The SMILES string of the molecule is CC1CCCCC1.CCC(O)c1cc(C(F)(F)F)nc2c(C(F)(F)F)cccc12.Cc1ccccc1. The highest BCUT2D eigenvalue weighted by Crippen LogP contribution is 2.39. The Hall–Kier alpha value is -2.61. The van der Waals surface area contributed by atoms with Gasteiger partial charge in [-0.3, -0.25) is 0 Å². The van der Waals surface area contributed by atoms with Crippen LogP contribution in [0.2, 0.25) is 0 Å². The molecule has 1 unspecified atom stereocenters. The van der Waals surface area contributed by atoms with Crippen LogP contribution >= 0.6 is 0 Å². The van der Waals surface area contributed by atoms with Crippen molar-refractivity contribution in [1.29, 1.82) is 0 Å². The molecule has 0 saturated heterocycles. The first-order valence-corrected chi connectivity index (χ1v) is 12.1. The highest BCUT2D eigenvalue weighted by molar-refractivity contribution is 5.86. The zero-order valence-corrected chi connectivity index (χ0v) is 20.8. The van der Waals surface area contributed by atoms with E-state index in [-0.39, 0.29) is 17.4 Å². The van der Waals surface area contributed by atoms with Gasteiger partial charge in [-0.05, 0) is 37.0 Å². The number of aliphatic hydroxyl groups excluding tert-OH is 1. The van der Waals surface area contributed by atoms with Crippen LogP contribution in [0, 0.1) is 12.8 Å². The van der Waals surface area contributed by atoms with Crippen LogP contribution in [-0.4, -0.2) is 10.1 Å². The van der Waals surface area contributed by atoms with E-state index in [1.165, 1.54) is 50.7 Å². The molecule has 0 aliphatic heterocycles. The Morgan fingerprint density at radius 3 is 1.92 bits per heavy atom. The quantitative estimate of drug-likeness (QED) is 0.346. The first-order valence-electron chi connectivity index (χ1n) is 12.1. The second-order valence-corrected chi connectivity index (χ2v) is 9.12. The van der Waals surface area contributed by atoms with E-state index in [4.69, 9.17) is 0 Å². The van der Waals surface area contributed by atoms with Gasteiger partial charge in [-0.1, -0.05) is 94.0 Å². The molecule has 1 aromatic heterocycles. The maximum absolute atomic E-state index is 13.0. The normalized spacial score (nSPS) is 15.4. The molecule has 1 atom stereocenters. The number of hydrogen-bond donors (Lipinski definition) is 1. The first kappa shape index (κ1) is 29.6. The van der Waals surface area contributed by atoms with Gasteiger partial charge in [0, 0.05) is 5.39 Å². The molecular weight excluding hydrogens is 480 g/mol. The Morgan fingerprint density at radius 2 is 1.50 bits per heavy atom. The van der Waals surface area contributed by atoms with Crippen molar-refractivity contribution < 1.29 is 31.4 Å². The van der Waals surface area contributed by atoms with E-state index in [1.54, 1.807) is 0 Å². The predicted octanol–water partition coefficient (Wildman–Crippen LogP) is 9.30. The van der Waals surface area contributed by atoms with Gasteiger partial charge in [-0.25, -0.2) is 4.98 Å². The van der Waals surface area contributed by atoms with Crippen LogP contribution in [0.4, 0.5) is 26.3 Å². The Kier molecular flexibility index (Phi) is 10.8. The fraction of sp³-hybridized carbons (Fsp3) is 0.464. The minimum absolute atomic E-state index is 0.0622. The van der Waals surface area contributed by atoms with Crippen LogP contribution in [0.1, 0.15) is 80.9 Å². The van der Waals surface area contributed by atoms with Gasteiger partial charge >= 0.3 is 12.4 Å². The fourth-order valence-corrected chi connectivity index (χ4v) is 3.99. The summed E-state index contributed by atoms with van der Waals surface area (Å²) in [6.07, 6.45) is -3.56. The Bertz CT molecular complexity index is 1070. The maximum Gasteiger partial charge on any atom is 0.433 e. The van der Waals surface area contributed by atoms with Gasteiger partial charge in [-0.2, -0.15) is 26.3 Å². The Labute approximate surface area is 208 Å². The van der Waals surface area contributed by atoms with E-state index in [9.17, 15) is 31.4 Å². The Balaban J connectivity index is 0.000000262. The van der Waals surface area contributed by atoms with E-state index >= 15 is 0 Å². The van der Waals surface area contributed by atoms with Gasteiger partial charge in [0.15, 0.2) is 0 Å². The lowest BCUT2D eigenvalue weighted by atomic mass is 9.91. The lowest BCUT2D eigenvalue weighted by molar-refractivity contribution is -0.142. The molecule has 2 aromatic carbocycles. The third kappa shape index (κ3) is 8.80. The van der Waals surface area contributed by atoms with Crippen molar-refractivity contribution in [2.45, 2.75) is 77.8 Å². The van der Waals surface area contributed by atoms with Crippen molar-refractivity contribution in [2.24, 2.45) is 5.92 Å². The number of para-hydroxylation sites is 1. The van der Waals surface area contributed by atoms with E-state index in [1.807, 2.05) is 18.2 Å². The summed E-state index contributed by atoms with van der Waals surface area (Å²) in [5.41, 5.74) is -2.43. The molecule has 0 bridgehead atoms. The minimum Gasteiger partial charge on any atom is -0.388 e. The number of benzene rings is 2. The molecule has 1 fully saturated rings. The molecule has 8 heteroatoms. The molecule has 198 valence electrons.